The third-order valence-electron chi connectivity index (χ3n) is 4.67. The summed E-state index contributed by atoms with van der Waals surface area (Å²) in [4.78, 5) is 25.2. The molecule has 4 rings (SSSR count). The largest absolute Gasteiger partial charge is 0.481 e. The zero-order valence-corrected chi connectivity index (χ0v) is 21.0. The zero-order chi connectivity index (χ0) is 24.1. The lowest BCUT2D eigenvalue weighted by Gasteiger charge is -2.12. The molecule has 0 saturated heterocycles. The number of amides is 1. The van der Waals surface area contributed by atoms with Crippen LogP contribution in [0.4, 0.5) is 0 Å². The van der Waals surface area contributed by atoms with E-state index in [1.807, 2.05) is 36.4 Å². The molecule has 1 aromatic heterocycles. The Morgan fingerprint density at radius 3 is 2.59 bits per heavy atom. The van der Waals surface area contributed by atoms with Crippen molar-refractivity contribution in [1.29, 1.82) is 0 Å². The van der Waals surface area contributed by atoms with Crippen LogP contribution in [0.2, 0.25) is 5.02 Å². The highest BCUT2D eigenvalue weighted by Crippen LogP contribution is 2.35. The first kappa shape index (κ1) is 23.9. The van der Waals surface area contributed by atoms with Gasteiger partial charge < -0.3 is 9.47 Å². The van der Waals surface area contributed by atoms with Crippen molar-refractivity contribution in [1.82, 2.24) is 5.43 Å². The second kappa shape index (κ2) is 10.8. The second-order valence-corrected chi connectivity index (χ2v) is 9.50. The number of nitrogens with zero attached hydrogens (tertiary/aromatic N) is 1. The maximum atomic E-state index is 12.7. The molecular formula is C25H18BrClN2O4S. The van der Waals surface area contributed by atoms with Gasteiger partial charge in [-0.05, 0) is 55.0 Å². The Balaban J connectivity index is 1.36. The molecule has 0 bridgehead atoms. The highest BCUT2D eigenvalue weighted by molar-refractivity contribution is 9.10. The van der Waals surface area contributed by atoms with E-state index in [1.54, 1.807) is 43.3 Å². The van der Waals surface area contributed by atoms with Crippen LogP contribution in [-0.2, 0) is 4.79 Å². The van der Waals surface area contributed by atoms with Gasteiger partial charge in [0.15, 0.2) is 6.10 Å². The average molecular weight is 558 g/mol. The van der Waals surface area contributed by atoms with Crippen LogP contribution in [0.3, 0.4) is 0 Å². The minimum absolute atomic E-state index is 0.334. The number of hydrogen-bond donors (Lipinski definition) is 1. The van der Waals surface area contributed by atoms with Crippen LogP contribution in [0.15, 0.2) is 82.4 Å². The van der Waals surface area contributed by atoms with Gasteiger partial charge in [0.05, 0.1) is 11.2 Å². The highest BCUT2D eigenvalue weighted by Gasteiger charge is 2.19. The third-order valence-corrected chi connectivity index (χ3v) is 6.86. The summed E-state index contributed by atoms with van der Waals surface area (Å²) in [6.07, 6.45) is 0.713. The SMILES string of the molecule is CC(Oc1ccc(Br)cc1)C(=O)NN=Cc1cccc(OC(=O)c2sc3ccccc3c2Cl)c1. The van der Waals surface area contributed by atoms with Gasteiger partial charge in [0.2, 0.25) is 0 Å². The van der Waals surface area contributed by atoms with E-state index in [4.69, 9.17) is 21.1 Å². The molecule has 0 aliphatic heterocycles. The lowest BCUT2D eigenvalue weighted by molar-refractivity contribution is -0.127. The Hall–Kier alpha value is -3.20. The number of nitrogens with one attached hydrogen (secondary N) is 1. The first-order chi connectivity index (χ1) is 16.4. The molecule has 1 heterocycles. The summed E-state index contributed by atoms with van der Waals surface area (Å²) in [5.74, 6) is -0.0301. The van der Waals surface area contributed by atoms with Crippen molar-refractivity contribution in [2.75, 3.05) is 0 Å². The molecule has 4 aromatic rings. The molecule has 1 amide bonds. The maximum Gasteiger partial charge on any atom is 0.355 e. The number of thiophene rings is 1. The van der Waals surface area contributed by atoms with Crippen molar-refractivity contribution >= 4 is 67.0 Å². The number of carbonyl (C=O) groups excluding carboxylic acids is 2. The van der Waals surface area contributed by atoms with Crippen LogP contribution in [0.1, 0.15) is 22.2 Å². The highest BCUT2D eigenvalue weighted by atomic mass is 79.9. The van der Waals surface area contributed by atoms with Gasteiger partial charge in [-0.2, -0.15) is 5.10 Å². The summed E-state index contributed by atoms with van der Waals surface area (Å²) in [6, 6.07) is 21.5. The molecule has 1 N–H and O–H groups in total. The molecule has 9 heteroatoms. The number of rotatable bonds is 7. The molecule has 0 spiro atoms. The number of halogens is 2. The monoisotopic (exact) mass is 556 g/mol. The van der Waals surface area contributed by atoms with Crippen molar-refractivity contribution in [3.63, 3.8) is 0 Å². The molecule has 172 valence electrons. The predicted octanol–water partition coefficient (Wildman–Crippen LogP) is 6.45. The molecule has 0 saturated carbocycles. The zero-order valence-electron chi connectivity index (χ0n) is 17.8. The summed E-state index contributed by atoms with van der Waals surface area (Å²) in [6.45, 7) is 1.63. The lowest BCUT2D eigenvalue weighted by atomic mass is 10.2. The summed E-state index contributed by atoms with van der Waals surface area (Å²) in [5.41, 5.74) is 3.08. The Kier molecular flexibility index (Phi) is 7.62. The van der Waals surface area contributed by atoms with Gasteiger partial charge in [-0.1, -0.05) is 57.9 Å². The average Bonchev–Trinajstić information content (AvgIpc) is 3.17. The lowest BCUT2D eigenvalue weighted by Crippen LogP contribution is -2.33. The van der Waals surface area contributed by atoms with E-state index in [-0.39, 0.29) is 0 Å². The molecule has 34 heavy (non-hydrogen) atoms. The molecule has 0 aliphatic rings. The fourth-order valence-corrected chi connectivity index (χ4v) is 4.64. The Bertz CT molecular complexity index is 1370. The Labute approximate surface area is 213 Å². The van der Waals surface area contributed by atoms with E-state index in [0.717, 1.165) is 14.6 Å². The second-order valence-electron chi connectivity index (χ2n) is 7.15. The molecule has 3 aromatic carbocycles. The van der Waals surface area contributed by atoms with Crippen molar-refractivity contribution in [2.24, 2.45) is 5.10 Å². The smallest absolute Gasteiger partial charge is 0.355 e. The molecule has 6 nitrogen and oxygen atoms in total. The Morgan fingerprint density at radius 2 is 1.82 bits per heavy atom. The molecule has 1 unspecified atom stereocenters. The van der Waals surface area contributed by atoms with Gasteiger partial charge in [-0.15, -0.1) is 11.3 Å². The van der Waals surface area contributed by atoms with E-state index >= 15 is 0 Å². The topological polar surface area (TPSA) is 77.0 Å². The standard InChI is InChI=1S/C25H18BrClN2O4S/c1-15(32-18-11-9-17(26)10-12-18)24(30)29-28-14-16-5-4-6-19(13-16)33-25(31)23-22(27)20-7-2-3-8-21(20)34-23/h2-15H,1H3,(H,29,30). The molecule has 1 atom stereocenters. The van der Waals surface area contributed by atoms with Crippen LogP contribution in [-0.4, -0.2) is 24.2 Å². The number of benzene rings is 3. The van der Waals surface area contributed by atoms with Crippen LogP contribution in [0.25, 0.3) is 10.1 Å². The Morgan fingerprint density at radius 1 is 1.06 bits per heavy atom. The van der Waals surface area contributed by atoms with E-state index in [0.29, 0.717) is 27.0 Å². The summed E-state index contributed by atoms with van der Waals surface area (Å²) in [5, 5.41) is 5.16. The molecule has 0 radical (unpaired) electrons. The third kappa shape index (κ3) is 5.83. The number of fused-ring (bicyclic) bond motifs is 1. The van der Waals surface area contributed by atoms with Crippen LogP contribution < -0.4 is 14.9 Å². The quantitative estimate of drug-likeness (QED) is 0.123. The maximum absolute atomic E-state index is 12.7. The predicted molar refractivity (Wildman–Crippen MR) is 138 cm³/mol. The van der Waals surface area contributed by atoms with E-state index in [2.05, 4.69) is 26.5 Å². The number of esters is 1. The van der Waals surface area contributed by atoms with Crippen molar-refractivity contribution in [3.05, 3.63) is 92.7 Å². The fourth-order valence-electron chi connectivity index (χ4n) is 2.99. The van der Waals surface area contributed by atoms with E-state index in [9.17, 15) is 9.59 Å². The minimum Gasteiger partial charge on any atom is -0.481 e. The molecule has 0 aliphatic carbocycles. The van der Waals surface area contributed by atoms with Crippen LogP contribution in [0.5, 0.6) is 11.5 Å². The van der Waals surface area contributed by atoms with Gasteiger partial charge in [-0.25, -0.2) is 10.2 Å². The van der Waals surface area contributed by atoms with Crippen molar-refractivity contribution < 1.29 is 19.1 Å². The number of hydrogen-bond acceptors (Lipinski definition) is 6. The summed E-state index contributed by atoms with van der Waals surface area (Å²) in [7, 11) is 0. The first-order valence-corrected chi connectivity index (χ1v) is 12.1. The van der Waals surface area contributed by atoms with E-state index in [1.165, 1.54) is 17.6 Å². The summed E-state index contributed by atoms with van der Waals surface area (Å²) < 4.78 is 12.9. The van der Waals surface area contributed by atoms with Crippen molar-refractivity contribution in [2.45, 2.75) is 13.0 Å². The molecule has 0 fully saturated rings. The van der Waals surface area contributed by atoms with Crippen molar-refractivity contribution in [3.8, 4) is 11.5 Å². The summed E-state index contributed by atoms with van der Waals surface area (Å²) >= 11 is 11.0. The minimum atomic E-state index is -0.739. The van der Waals surface area contributed by atoms with Gasteiger partial charge in [-0.3, -0.25) is 4.79 Å². The van der Waals surface area contributed by atoms with Gasteiger partial charge >= 0.3 is 5.97 Å². The first-order valence-electron chi connectivity index (χ1n) is 10.1. The van der Waals surface area contributed by atoms with E-state index < -0.39 is 18.0 Å². The normalized spacial score (nSPS) is 12.0. The van der Waals surface area contributed by atoms with Crippen LogP contribution >= 0.6 is 38.9 Å². The number of ether oxygens (including phenoxy) is 2. The molecular weight excluding hydrogens is 540 g/mol. The number of hydrazone groups is 1. The van der Waals surface area contributed by atoms with Gasteiger partial charge in [0.25, 0.3) is 5.91 Å². The number of carbonyl (C=O) groups is 2. The van der Waals surface area contributed by atoms with Crippen LogP contribution in [0, 0.1) is 0 Å². The fraction of sp³-hybridized carbons (Fsp3) is 0.0800. The van der Waals surface area contributed by atoms with Gasteiger partial charge in [0, 0.05) is 14.6 Å². The van der Waals surface area contributed by atoms with Gasteiger partial charge in [0.1, 0.15) is 16.4 Å².